The molecule has 3 heterocycles. The highest BCUT2D eigenvalue weighted by molar-refractivity contribution is 7.89. The fourth-order valence-electron chi connectivity index (χ4n) is 5.98. The van der Waals surface area contributed by atoms with Gasteiger partial charge in [-0.3, -0.25) is 9.62 Å². The van der Waals surface area contributed by atoms with Gasteiger partial charge in [-0.25, -0.2) is 4.98 Å². The van der Waals surface area contributed by atoms with Gasteiger partial charge in [0, 0.05) is 24.4 Å². The minimum absolute atomic E-state index is 0.189. The van der Waals surface area contributed by atoms with Crippen LogP contribution < -0.4 is 9.46 Å². The van der Waals surface area contributed by atoms with Gasteiger partial charge in [0.15, 0.2) is 22.3 Å². The van der Waals surface area contributed by atoms with Crippen molar-refractivity contribution >= 4 is 15.8 Å². The lowest BCUT2D eigenvalue weighted by molar-refractivity contribution is 0.158. The maximum absolute atomic E-state index is 13.6. The van der Waals surface area contributed by atoms with Gasteiger partial charge < -0.3 is 4.74 Å². The summed E-state index contributed by atoms with van der Waals surface area (Å²) in [6.07, 6.45) is 4.45. The summed E-state index contributed by atoms with van der Waals surface area (Å²) in [7, 11) is -4.13. The Morgan fingerprint density at radius 2 is 1.92 bits per heavy atom. The monoisotopic (exact) mass is 546 g/mol. The molecule has 204 valence electrons. The number of aromatic nitrogens is 1. The first-order valence-corrected chi connectivity index (χ1v) is 14.5. The maximum Gasteiger partial charge on any atom is 0.279 e. The zero-order chi connectivity index (χ0) is 28.3. The number of rotatable bonds is 7. The molecule has 0 amide bonds. The van der Waals surface area contributed by atoms with Gasteiger partial charge in [0.05, 0.1) is 5.54 Å². The minimum Gasteiger partial charge on any atom is -0.449 e. The van der Waals surface area contributed by atoms with Crippen LogP contribution in [0.5, 0.6) is 11.5 Å². The van der Waals surface area contributed by atoms with Crippen molar-refractivity contribution in [3.63, 3.8) is 0 Å². The Hall–Kier alpha value is -3.56. The summed E-state index contributed by atoms with van der Waals surface area (Å²) >= 11 is 0. The number of benzene rings is 1. The van der Waals surface area contributed by atoms with Gasteiger partial charge in [0.25, 0.3) is 10.0 Å². The fourth-order valence-corrected chi connectivity index (χ4v) is 7.23. The first-order valence-electron chi connectivity index (χ1n) is 13.0. The lowest BCUT2D eigenvalue weighted by Crippen LogP contribution is -2.47. The quantitative estimate of drug-likeness (QED) is 0.260. The molecule has 1 N–H and O–H groups in total. The van der Waals surface area contributed by atoms with Crippen LogP contribution in [0, 0.1) is 10.8 Å². The van der Waals surface area contributed by atoms with Gasteiger partial charge >= 0.3 is 0 Å². The van der Waals surface area contributed by atoms with Crippen molar-refractivity contribution in [2.24, 2.45) is 11.1 Å². The lowest BCUT2D eigenvalue weighted by atomic mass is 9.85. The molecule has 39 heavy (non-hydrogen) atoms. The number of fused-ring (bicyclic) bond motifs is 3. The molecule has 1 aromatic heterocycles. The van der Waals surface area contributed by atoms with Crippen LogP contribution in [0.2, 0.25) is 0 Å². The average molecular weight is 547 g/mol. The third-order valence-corrected chi connectivity index (χ3v) is 9.38. The van der Waals surface area contributed by atoms with Crippen molar-refractivity contribution in [3.05, 3.63) is 92.1 Å². The van der Waals surface area contributed by atoms with Crippen molar-refractivity contribution in [3.8, 4) is 11.5 Å². The average Bonchev–Trinajstić information content (AvgIpc) is 3.63. The zero-order valence-corrected chi connectivity index (χ0v) is 24.2. The van der Waals surface area contributed by atoms with Gasteiger partial charge in [-0.05, 0) is 87.5 Å². The molecule has 0 radical (unpaired) electrons. The molecule has 0 saturated heterocycles. The Labute approximate surface area is 230 Å². The number of hydrogen-bond donors (Lipinski definition) is 1. The number of nitrogens with one attached hydrogen (secondary N) is 1. The zero-order valence-electron chi connectivity index (χ0n) is 23.4. The lowest BCUT2D eigenvalue weighted by Gasteiger charge is -2.40. The molecular formula is C30H34N4O4S. The van der Waals surface area contributed by atoms with Crippen molar-refractivity contribution < 1.29 is 13.2 Å². The van der Waals surface area contributed by atoms with E-state index in [4.69, 9.17) is 4.74 Å². The topological polar surface area (TPSA) is 104 Å². The van der Waals surface area contributed by atoms with Crippen molar-refractivity contribution in [2.75, 3.05) is 6.54 Å². The number of allylic oxidation sites excluding steroid dienone is 6. The van der Waals surface area contributed by atoms with Crippen LogP contribution in [0.4, 0.5) is 5.82 Å². The second-order valence-electron chi connectivity index (χ2n) is 11.1. The van der Waals surface area contributed by atoms with E-state index in [1.165, 1.54) is 40.5 Å². The number of sulfonamides is 1. The van der Waals surface area contributed by atoms with Crippen LogP contribution in [-0.4, -0.2) is 24.8 Å². The fraction of sp³-hybridized carbons (Fsp3) is 0.367. The van der Waals surface area contributed by atoms with Crippen LogP contribution in [-0.2, 0) is 22.1 Å². The second kappa shape index (κ2) is 9.57. The highest BCUT2D eigenvalue weighted by Gasteiger charge is 2.51. The van der Waals surface area contributed by atoms with Crippen LogP contribution in [0.15, 0.2) is 86.2 Å². The summed E-state index contributed by atoms with van der Waals surface area (Å²) in [5.41, 5.74) is 7.63. The molecule has 2 aromatic rings. The number of hydrogen-bond acceptors (Lipinski definition) is 7. The smallest absolute Gasteiger partial charge is 0.279 e. The van der Waals surface area contributed by atoms with E-state index in [1.54, 1.807) is 0 Å². The molecule has 0 fully saturated rings. The molecule has 2 aliphatic heterocycles. The van der Waals surface area contributed by atoms with E-state index in [2.05, 4.69) is 72.6 Å². The minimum atomic E-state index is -4.13. The van der Waals surface area contributed by atoms with E-state index in [0.717, 1.165) is 28.2 Å². The van der Waals surface area contributed by atoms with Gasteiger partial charge in [-0.2, -0.15) is 8.42 Å². The highest BCUT2D eigenvalue weighted by Crippen LogP contribution is 2.59. The molecular weight excluding hydrogens is 512 g/mol. The Balaban J connectivity index is 1.62. The summed E-state index contributed by atoms with van der Waals surface area (Å²) in [5, 5.41) is 2.54. The van der Waals surface area contributed by atoms with E-state index < -0.39 is 15.6 Å². The third kappa shape index (κ3) is 4.63. The number of nitroso groups, excluding NO2 is 1. The Kier molecular flexibility index (Phi) is 6.63. The Morgan fingerprint density at radius 1 is 1.18 bits per heavy atom. The molecule has 1 aliphatic carbocycles. The molecule has 3 aliphatic rings. The Morgan fingerprint density at radius 3 is 2.62 bits per heavy atom. The summed E-state index contributed by atoms with van der Waals surface area (Å²) < 4.78 is 36.0. The van der Waals surface area contributed by atoms with Gasteiger partial charge in [0.1, 0.15) is 0 Å². The molecule has 0 saturated carbocycles. The summed E-state index contributed by atoms with van der Waals surface area (Å²) in [6.45, 7) is 15.8. The normalized spacial score (nSPS) is 22.2. The van der Waals surface area contributed by atoms with Crippen molar-refractivity contribution in [1.82, 2.24) is 14.6 Å². The summed E-state index contributed by atoms with van der Waals surface area (Å²) in [5.74, 6) is 1.68. The first-order chi connectivity index (χ1) is 18.4. The molecule has 8 nitrogen and oxygen atoms in total. The molecule has 0 bridgehead atoms. The van der Waals surface area contributed by atoms with E-state index in [1.807, 2.05) is 19.9 Å². The van der Waals surface area contributed by atoms with Crippen LogP contribution >= 0.6 is 0 Å². The molecule has 9 heteroatoms. The van der Waals surface area contributed by atoms with E-state index >= 15 is 0 Å². The number of ether oxygens (including phenoxy) is 1. The SMILES string of the molecule is CC1=CC(C)=C(CN2Cc3ccc4c(c3C2(C)C(NS(=O)(=O)c2cccc(N=O)n2)=C(C)C)O4)[C@@H](C)C(C)=C1. The predicted molar refractivity (Wildman–Crippen MR) is 152 cm³/mol. The summed E-state index contributed by atoms with van der Waals surface area (Å²) in [4.78, 5) is 17.3. The predicted octanol–water partition coefficient (Wildman–Crippen LogP) is 6.75. The van der Waals surface area contributed by atoms with Crippen molar-refractivity contribution in [2.45, 2.75) is 65.6 Å². The van der Waals surface area contributed by atoms with Crippen LogP contribution in [0.3, 0.4) is 0 Å². The number of pyridine rings is 1. The van der Waals surface area contributed by atoms with Crippen LogP contribution in [0.1, 0.15) is 59.6 Å². The summed E-state index contributed by atoms with van der Waals surface area (Å²) in [6, 6.07) is 8.24. The highest BCUT2D eigenvalue weighted by atomic mass is 32.2. The Bertz CT molecular complexity index is 1630. The van der Waals surface area contributed by atoms with E-state index in [-0.39, 0.29) is 16.8 Å². The number of nitrogens with zero attached hydrogens (tertiary/aromatic N) is 3. The molecule has 1 unspecified atom stereocenters. The van der Waals surface area contributed by atoms with Gasteiger partial charge in [-0.15, -0.1) is 4.91 Å². The molecule has 2 atom stereocenters. The van der Waals surface area contributed by atoms with Gasteiger partial charge in [-0.1, -0.05) is 47.9 Å². The molecule has 1 aromatic carbocycles. The largest absolute Gasteiger partial charge is 0.449 e. The van der Waals surface area contributed by atoms with E-state index in [9.17, 15) is 13.3 Å². The van der Waals surface area contributed by atoms with Crippen LogP contribution in [0.25, 0.3) is 0 Å². The molecule has 0 spiro atoms. The third-order valence-electron chi connectivity index (χ3n) is 8.13. The van der Waals surface area contributed by atoms with Crippen molar-refractivity contribution in [1.29, 1.82) is 0 Å². The standard InChI is InChI=1S/C30H34N4O4S/c1-17(2)29(33-39(36,37)26-10-8-9-25(31-26)32-35)30(7)27-22(11-12-24-28(27)38-24)15-34(30)16-23-20(5)14-18(3)13-19(4)21(23)6/h8-14,21,33H,15-16H2,1-7H3/t21-,30?/m0/s1. The molecule has 5 rings (SSSR count). The maximum atomic E-state index is 13.6. The van der Waals surface area contributed by atoms with Gasteiger partial charge in [0.2, 0.25) is 0 Å². The second-order valence-corrected chi connectivity index (χ2v) is 12.7. The van der Waals surface area contributed by atoms with E-state index in [0.29, 0.717) is 18.8 Å². The first kappa shape index (κ1) is 27.0.